The molecule has 148 valence electrons. The Morgan fingerprint density at radius 1 is 0.857 bits per heavy atom. The number of benzene rings is 1. The number of carbonyl (C=O) groups is 1. The van der Waals surface area contributed by atoms with Crippen molar-refractivity contribution >= 4 is 17.5 Å². The molecule has 2 aliphatic heterocycles. The fourth-order valence-electron chi connectivity index (χ4n) is 3.85. The second kappa shape index (κ2) is 8.56. The molecule has 1 aromatic carbocycles. The van der Waals surface area contributed by atoms with Gasteiger partial charge >= 0.3 is 0 Å². The first-order valence-corrected chi connectivity index (χ1v) is 10.1. The van der Waals surface area contributed by atoms with E-state index in [1.54, 1.807) is 12.4 Å². The number of hydrogen-bond donors (Lipinski definition) is 0. The van der Waals surface area contributed by atoms with Gasteiger partial charge in [-0.25, -0.2) is 9.97 Å². The predicted molar refractivity (Wildman–Crippen MR) is 111 cm³/mol. The molecule has 1 amide bonds. The molecule has 0 aliphatic carbocycles. The van der Waals surface area contributed by atoms with Gasteiger partial charge in [0, 0.05) is 70.4 Å². The van der Waals surface area contributed by atoms with Gasteiger partial charge in [-0.15, -0.1) is 0 Å². The summed E-state index contributed by atoms with van der Waals surface area (Å²) in [6, 6.07) is 10.4. The average Bonchev–Trinajstić information content (AvgIpc) is 2.79. The fraction of sp³-hybridized carbons (Fsp3) is 0.476. The highest BCUT2D eigenvalue weighted by Gasteiger charge is 2.23. The Labute approximate surface area is 166 Å². The van der Waals surface area contributed by atoms with Crippen LogP contribution in [0.15, 0.2) is 42.7 Å². The molecule has 4 rings (SSSR count). The van der Waals surface area contributed by atoms with Crippen LogP contribution in [0, 0.1) is 0 Å². The van der Waals surface area contributed by atoms with Crippen molar-refractivity contribution < 1.29 is 4.79 Å². The Balaban J connectivity index is 1.33. The maximum Gasteiger partial charge on any atom is 0.257 e. The van der Waals surface area contributed by atoms with Crippen LogP contribution in [0.3, 0.4) is 0 Å². The number of aromatic nitrogens is 2. The lowest BCUT2D eigenvalue weighted by Crippen LogP contribution is -2.49. The van der Waals surface area contributed by atoms with E-state index < -0.39 is 0 Å². The first-order valence-electron chi connectivity index (χ1n) is 10.1. The molecule has 0 spiro atoms. The average molecular weight is 380 g/mol. The number of amides is 1. The molecule has 0 unspecified atom stereocenters. The Hall–Kier alpha value is -2.67. The molecule has 2 aliphatic rings. The molecule has 0 bridgehead atoms. The summed E-state index contributed by atoms with van der Waals surface area (Å²) in [4.78, 5) is 30.6. The molecule has 2 fully saturated rings. The van der Waals surface area contributed by atoms with Crippen molar-refractivity contribution in [1.82, 2.24) is 19.8 Å². The topological polar surface area (TPSA) is 55.8 Å². The van der Waals surface area contributed by atoms with E-state index in [1.807, 2.05) is 23.1 Å². The molecule has 28 heavy (non-hydrogen) atoms. The van der Waals surface area contributed by atoms with Gasteiger partial charge in [-0.05, 0) is 18.7 Å². The number of rotatable bonds is 4. The maximum absolute atomic E-state index is 12.8. The molecule has 0 atom stereocenters. The highest BCUT2D eigenvalue weighted by molar-refractivity contribution is 5.93. The third-order valence-corrected chi connectivity index (χ3v) is 5.68. The van der Waals surface area contributed by atoms with Crippen LogP contribution < -0.4 is 9.80 Å². The molecule has 2 aromatic rings. The number of carbonyl (C=O) groups excluding carboxylic acids is 1. The second-order valence-corrected chi connectivity index (χ2v) is 7.31. The van der Waals surface area contributed by atoms with Gasteiger partial charge < -0.3 is 19.6 Å². The highest BCUT2D eigenvalue weighted by Crippen LogP contribution is 2.17. The van der Waals surface area contributed by atoms with Crippen LogP contribution in [0.25, 0.3) is 0 Å². The molecule has 7 heteroatoms. The third-order valence-electron chi connectivity index (χ3n) is 5.68. The van der Waals surface area contributed by atoms with Crippen LogP contribution in [0.2, 0.25) is 0 Å². The molecule has 0 radical (unpaired) electrons. The minimum Gasteiger partial charge on any atom is -0.368 e. The summed E-state index contributed by atoms with van der Waals surface area (Å²) >= 11 is 0. The van der Waals surface area contributed by atoms with Gasteiger partial charge in [0.05, 0.1) is 5.56 Å². The van der Waals surface area contributed by atoms with Gasteiger partial charge in [-0.3, -0.25) is 4.79 Å². The monoisotopic (exact) mass is 380 g/mol. The summed E-state index contributed by atoms with van der Waals surface area (Å²) in [6.45, 7) is 10.3. The Bertz CT molecular complexity index is 765. The third kappa shape index (κ3) is 4.09. The Morgan fingerprint density at radius 3 is 2.07 bits per heavy atom. The van der Waals surface area contributed by atoms with Crippen molar-refractivity contribution in [2.75, 3.05) is 68.7 Å². The summed E-state index contributed by atoms with van der Waals surface area (Å²) in [5, 5.41) is 0. The molecular weight excluding hydrogens is 352 g/mol. The van der Waals surface area contributed by atoms with Crippen molar-refractivity contribution in [1.29, 1.82) is 0 Å². The van der Waals surface area contributed by atoms with E-state index in [1.165, 1.54) is 5.69 Å². The smallest absolute Gasteiger partial charge is 0.257 e. The van der Waals surface area contributed by atoms with Gasteiger partial charge in [0.1, 0.15) is 0 Å². The van der Waals surface area contributed by atoms with Gasteiger partial charge in [0.15, 0.2) is 0 Å². The van der Waals surface area contributed by atoms with E-state index in [-0.39, 0.29) is 5.91 Å². The Morgan fingerprint density at radius 2 is 1.46 bits per heavy atom. The van der Waals surface area contributed by atoms with Crippen LogP contribution in [-0.2, 0) is 0 Å². The standard InChI is InChI=1S/C21H28N6O/c1-2-24-8-10-27(11-9-24)21-22-16-18(17-23-21)20(28)26-14-12-25(13-15-26)19-6-4-3-5-7-19/h3-7,16-17H,2,8-15H2,1H3. The van der Waals surface area contributed by atoms with Crippen LogP contribution in [-0.4, -0.2) is 84.6 Å². The lowest BCUT2D eigenvalue weighted by Gasteiger charge is -2.36. The first-order chi connectivity index (χ1) is 13.7. The van der Waals surface area contributed by atoms with Crippen LogP contribution in [0.5, 0.6) is 0 Å². The zero-order chi connectivity index (χ0) is 19.3. The molecule has 7 nitrogen and oxygen atoms in total. The lowest BCUT2D eigenvalue weighted by atomic mass is 10.2. The second-order valence-electron chi connectivity index (χ2n) is 7.31. The summed E-state index contributed by atoms with van der Waals surface area (Å²) in [5.74, 6) is 0.747. The number of likely N-dealkylation sites (N-methyl/N-ethyl adjacent to an activating group) is 1. The minimum absolute atomic E-state index is 0.0232. The number of anilines is 2. The van der Waals surface area contributed by atoms with E-state index in [0.717, 1.165) is 51.8 Å². The number of para-hydroxylation sites is 1. The number of hydrogen-bond acceptors (Lipinski definition) is 6. The lowest BCUT2D eigenvalue weighted by molar-refractivity contribution is 0.0746. The van der Waals surface area contributed by atoms with Crippen LogP contribution >= 0.6 is 0 Å². The first kappa shape index (κ1) is 18.7. The fourth-order valence-corrected chi connectivity index (χ4v) is 3.85. The Kier molecular flexibility index (Phi) is 5.71. The molecule has 3 heterocycles. The molecule has 2 saturated heterocycles. The minimum atomic E-state index is 0.0232. The summed E-state index contributed by atoms with van der Waals surface area (Å²) in [5.41, 5.74) is 1.79. The zero-order valence-electron chi connectivity index (χ0n) is 16.5. The summed E-state index contributed by atoms with van der Waals surface area (Å²) in [6.07, 6.45) is 3.36. The molecule has 0 saturated carbocycles. The van der Waals surface area contributed by atoms with Crippen molar-refractivity contribution in [2.45, 2.75) is 6.92 Å². The van der Waals surface area contributed by atoms with Gasteiger partial charge in [-0.1, -0.05) is 25.1 Å². The molecule has 0 N–H and O–H groups in total. The largest absolute Gasteiger partial charge is 0.368 e. The highest BCUT2D eigenvalue weighted by atomic mass is 16.2. The normalized spacial score (nSPS) is 18.4. The molecule has 1 aromatic heterocycles. The molecular formula is C21H28N6O. The van der Waals surface area contributed by atoms with Gasteiger partial charge in [-0.2, -0.15) is 0 Å². The summed E-state index contributed by atoms with van der Waals surface area (Å²) in [7, 11) is 0. The van der Waals surface area contributed by atoms with E-state index in [4.69, 9.17) is 0 Å². The van der Waals surface area contributed by atoms with Crippen molar-refractivity contribution in [3.63, 3.8) is 0 Å². The number of piperazine rings is 2. The quantitative estimate of drug-likeness (QED) is 0.803. The van der Waals surface area contributed by atoms with Crippen LogP contribution in [0.1, 0.15) is 17.3 Å². The van der Waals surface area contributed by atoms with Crippen LogP contribution in [0.4, 0.5) is 11.6 Å². The SMILES string of the molecule is CCN1CCN(c2ncc(C(=O)N3CCN(c4ccccc4)CC3)cn2)CC1. The van der Waals surface area contributed by atoms with E-state index in [0.29, 0.717) is 18.7 Å². The van der Waals surface area contributed by atoms with E-state index in [2.05, 4.69) is 43.7 Å². The van der Waals surface area contributed by atoms with E-state index in [9.17, 15) is 4.79 Å². The zero-order valence-corrected chi connectivity index (χ0v) is 16.5. The van der Waals surface area contributed by atoms with Gasteiger partial charge in [0.25, 0.3) is 5.91 Å². The van der Waals surface area contributed by atoms with Crippen molar-refractivity contribution in [2.24, 2.45) is 0 Å². The van der Waals surface area contributed by atoms with Gasteiger partial charge in [0.2, 0.25) is 5.95 Å². The maximum atomic E-state index is 12.8. The number of nitrogens with zero attached hydrogens (tertiary/aromatic N) is 6. The predicted octanol–water partition coefficient (Wildman–Crippen LogP) is 1.58. The van der Waals surface area contributed by atoms with Crippen molar-refractivity contribution in [3.05, 3.63) is 48.3 Å². The van der Waals surface area contributed by atoms with E-state index >= 15 is 0 Å². The summed E-state index contributed by atoms with van der Waals surface area (Å²) < 4.78 is 0. The van der Waals surface area contributed by atoms with Crippen molar-refractivity contribution in [3.8, 4) is 0 Å².